The molecular weight excluding hydrogens is 314 g/mol. The number of aryl methyl sites for hydroxylation is 1. The minimum Gasteiger partial charge on any atom is -0.355 e. The van der Waals surface area contributed by atoms with E-state index in [0.717, 1.165) is 21.6 Å². The molecule has 0 aliphatic heterocycles. The van der Waals surface area contributed by atoms with Gasteiger partial charge in [-0.3, -0.25) is 0 Å². The van der Waals surface area contributed by atoms with E-state index in [2.05, 4.69) is 17.2 Å². The number of nitrogens with one attached hydrogen (secondary N) is 1. The summed E-state index contributed by atoms with van der Waals surface area (Å²) in [5.41, 5.74) is 2.42. The van der Waals surface area contributed by atoms with E-state index in [9.17, 15) is 8.78 Å². The van der Waals surface area contributed by atoms with E-state index in [1.54, 1.807) is 6.07 Å². The lowest BCUT2D eigenvalue weighted by molar-refractivity contribution is 0.509. The molecule has 0 fully saturated rings. The summed E-state index contributed by atoms with van der Waals surface area (Å²) in [4.78, 5) is 5.49. The van der Waals surface area contributed by atoms with Gasteiger partial charge in [0.25, 0.3) is 0 Å². The van der Waals surface area contributed by atoms with Crippen LogP contribution in [0.4, 0.5) is 13.9 Å². The first kappa shape index (κ1) is 15.6. The van der Waals surface area contributed by atoms with E-state index in [-0.39, 0.29) is 6.04 Å². The van der Waals surface area contributed by atoms with Crippen LogP contribution in [0.2, 0.25) is 0 Å². The SMILES string of the molecule is Cc1sc(N[C@@H](C)c2ccccc2)nc1-c1ccc(F)c(F)c1. The molecule has 0 saturated heterocycles. The monoisotopic (exact) mass is 330 g/mol. The van der Waals surface area contributed by atoms with E-state index in [0.29, 0.717) is 11.3 Å². The Hall–Kier alpha value is -2.27. The first-order chi connectivity index (χ1) is 11.0. The van der Waals surface area contributed by atoms with E-state index in [1.807, 2.05) is 37.3 Å². The fourth-order valence-corrected chi connectivity index (χ4v) is 3.30. The third kappa shape index (κ3) is 3.40. The van der Waals surface area contributed by atoms with Gasteiger partial charge in [0, 0.05) is 10.4 Å². The van der Waals surface area contributed by atoms with Crippen molar-refractivity contribution < 1.29 is 8.78 Å². The molecular formula is C18H16F2N2S. The maximum absolute atomic E-state index is 13.4. The molecule has 1 heterocycles. The predicted octanol–water partition coefficient (Wildman–Crippen LogP) is 5.57. The van der Waals surface area contributed by atoms with Crippen molar-refractivity contribution in [3.05, 3.63) is 70.6 Å². The average molecular weight is 330 g/mol. The van der Waals surface area contributed by atoms with Gasteiger partial charge in [0.15, 0.2) is 16.8 Å². The molecule has 3 rings (SSSR count). The molecule has 0 aliphatic rings. The number of hydrogen-bond donors (Lipinski definition) is 1. The highest BCUT2D eigenvalue weighted by molar-refractivity contribution is 7.16. The summed E-state index contributed by atoms with van der Waals surface area (Å²) in [6.07, 6.45) is 0. The summed E-state index contributed by atoms with van der Waals surface area (Å²) in [5.74, 6) is -1.71. The Labute approximate surface area is 137 Å². The van der Waals surface area contributed by atoms with Gasteiger partial charge in [0.2, 0.25) is 0 Å². The van der Waals surface area contributed by atoms with Gasteiger partial charge < -0.3 is 5.32 Å². The summed E-state index contributed by atoms with van der Waals surface area (Å²) in [6, 6.07) is 14.0. The largest absolute Gasteiger partial charge is 0.355 e. The van der Waals surface area contributed by atoms with E-state index in [1.165, 1.54) is 17.4 Å². The number of nitrogens with zero attached hydrogens (tertiary/aromatic N) is 1. The Morgan fingerprint density at radius 1 is 1.04 bits per heavy atom. The van der Waals surface area contributed by atoms with Gasteiger partial charge in [-0.25, -0.2) is 13.8 Å². The van der Waals surface area contributed by atoms with E-state index in [4.69, 9.17) is 0 Å². The van der Waals surface area contributed by atoms with Crippen molar-refractivity contribution in [3.63, 3.8) is 0 Å². The number of halogens is 2. The molecule has 0 amide bonds. The zero-order valence-electron chi connectivity index (χ0n) is 12.8. The zero-order chi connectivity index (χ0) is 16.4. The molecule has 0 radical (unpaired) electrons. The summed E-state index contributed by atoms with van der Waals surface area (Å²) < 4.78 is 26.5. The van der Waals surface area contributed by atoms with Crippen molar-refractivity contribution >= 4 is 16.5 Å². The van der Waals surface area contributed by atoms with Gasteiger partial charge in [-0.15, -0.1) is 11.3 Å². The predicted molar refractivity (Wildman–Crippen MR) is 90.7 cm³/mol. The summed E-state index contributed by atoms with van der Waals surface area (Å²) in [5, 5.41) is 4.12. The molecule has 23 heavy (non-hydrogen) atoms. The van der Waals surface area contributed by atoms with Gasteiger partial charge in [-0.2, -0.15) is 0 Å². The molecule has 1 N–H and O–H groups in total. The minimum absolute atomic E-state index is 0.111. The molecule has 2 nitrogen and oxygen atoms in total. The van der Waals surface area contributed by atoms with Gasteiger partial charge in [0.05, 0.1) is 11.7 Å². The molecule has 0 bridgehead atoms. The Balaban J connectivity index is 1.85. The molecule has 5 heteroatoms. The molecule has 0 spiro atoms. The number of hydrogen-bond acceptors (Lipinski definition) is 3. The number of aromatic nitrogens is 1. The van der Waals surface area contributed by atoms with Crippen LogP contribution >= 0.6 is 11.3 Å². The highest BCUT2D eigenvalue weighted by Crippen LogP contribution is 2.32. The van der Waals surface area contributed by atoms with Crippen LogP contribution in [-0.4, -0.2) is 4.98 Å². The van der Waals surface area contributed by atoms with Gasteiger partial charge >= 0.3 is 0 Å². The van der Waals surface area contributed by atoms with Crippen LogP contribution in [0.5, 0.6) is 0 Å². The molecule has 1 atom stereocenters. The lowest BCUT2D eigenvalue weighted by Gasteiger charge is -2.12. The number of anilines is 1. The van der Waals surface area contributed by atoms with Crippen molar-refractivity contribution in [2.45, 2.75) is 19.9 Å². The van der Waals surface area contributed by atoms with Crippen LogP contribution in [0.25, 0.3) is 11.3 Å². The molecule has 0 unspecified atom stereocenters. The van der Waals surface area contributed by atoms with Crippen molar-refractivity contribution in [2.24, 2.45) is 0 Å². The lowest BCUT2D eigenvalue weighted by Crippen LogP contribution is -2.05. The molecule has 1 aromatic heterocycles. The highest BCUT2D eigenvalue weighted by Gasteiger charge is 2.14. The second-order valence-electron chi connectivity index (χ2n) is 5.33. The quantitative estimate of drug-likeness (QED) is 0.676. The molecule has 0 saturated carbocycles. The Morgan fingerprint density at radius 3 is 2.48 bits per heavy atom. The lowest BCUT2D eigenvalue weighted by atomic mass is 10.1. The summed E-state index contributed by atoms with van der Waals surface area (Å²) >= 11 is 1.50. The fraction of sp³-hybridized carbons (Fsp3) is 0.167. The van der Waals surface area contributed by atoms with Crippen molar-refractivity contribution in [2.75, 3.05) is 5.32 Å². The zero-order valence-corrected chi connectivity index (χ0v) is 13.6. The molecule has 2 aromatic carbocycles. The maximum atomic E-state index is 13.4. The maximum Gasteiger partial charge on any atom is 0.183 e. The van der Waals surface area contributed by atoms with Crippen LogP contribution in [0.15, 0.2) is 48.5 Å². The Morgan fingerprint density at radius 2 is 1.78 bits per heavy atom. The van der Waals surface area contributed by atoms with Crippen LogP contribution in [0, 0.1) is 18.6 Å². The number of benzene rings is 2. The number of rotatable bonds is 4. The van der Waals surface area contributed by atoms with Gasteiger partial charge in [0.1, 0.15) is 0 Å². The Kier molecular flexibility index (Phi) is 4.39. The van der Waals surface area contributed by atoms with Crippen LogP contribution < -0.4 is 5.32 Å². The van der Waals surface area contributed by atoms with E-state index < -0.39 is 11.6 Å². The van der Waals surface area contributed by atoms with Crippen LogP contribution in [0.3, 0.4) is 0 Å². The number of thiazole rings is 1. The van der Waals surface area contributed by atoms with Crippen molar-refractivity contribution in [3.8, 4) is 11.3 Å². The average Bonchev–Trinajstić information content (AvgIpc) is 2.91. The minimum atomic E-state index is -0.859. The van der Waals surface area contributed by atoms with Crippen molar-refractivity contribution in [1.29, 1.82) is 0 Å². The summed E-state index contributed by atoms with van der Waals surface area (Å²) in [7, 11) is 0. The van der Waals surface area contributed by atoms with E-state index >= 15 is 0 Å². The second-order valence-corrected chi connectivity index (χ2v) is 6.53. The van der Waals surface area contributed by atoms with Crippen LogP contribution in [0.1, 0.15) is 23.4 Å². The van der Waals surface area contributed by atoms with Gasteiger partial charge in [-0.05, 0) is 37.6 Å². The molecule has 118 valence electrons. The summed E-state index contributed by atoms with van der Waals surface area (Å²) in [6.45, 7) is 3.98. The highest BCUT2D eigenvalue weighted by atomic mass is 32.1. The fourth-order valence-electron chi connectivity index (χ4n) is 2.38. The van der Waals surface area contributed by atoms with Gasteiger partial charge in [-0.1, -0.05) is 30.3 Å². The smallest absolute Gasteiger partial charge is 0.183 e. The normalized spacial score (nSPS) is 12.2. The second kappa shape index (κ2) is 6.46. The standard InChI is InChI=1S/C18H16F2N2S/c1-11(13-6-4-3-5-7-13)21-18-22-17(12(2)23-18)14-8-9-15(19)16(20)10-14/h3-11H,1-2H3,(H,21,22)/t11-/m0/s1. The van der Waals surface area contributed by atoms with Crippen molar-refractivity contribution in [1.82, 2.24) is 4.98 Å². The third-order valence-electron chi connectivity index (χ3n) is 3.63. The molecule has 0 aliphatic carbocycles. The first-order valence-electron chi connectivity index (χ1n) is 7.29. The van der Waals surface area contributed by atoms with Crippen LogP contribution in [-0.2, 0) is 0 Å². The topological polar surface area (TPSA) is 24.9 Å². The first-order valence-corrected chi connectivity index (χ1v) is 8.10. The third-order valence-corrected chi connectivity index (χ3v) is 4.53. The Bertz CT molecular complexity index is 815. The molecule has 3 aromatic rings.